The molecule has 0 unspecified atom stereocenters. The smallest absolute Gasteiger partial charge is 0.269 e. The lowest BCUT2D eigenvalue weighted by Crippen LogP contribution is -2.24. The Hall–Kier alpha value is -1.99. The lowest BCUT2D eigenvalue weighted by atomic mass is 10.2. The van der Waals surface area contributed by atoms with Crippen LogP contribution in [0.5, 0.6) is 0 Å². The predicted molar refractivity (Wildman–Crippen MR) is 55.1 cm³/mol. The molecule has 16 heavy (non-hydrogen) atoms. The zero-order valence-electron chi connectivity index (χ0n) is 8.38. The summed E-state index contributed by atoms with van der Waals surface area (Å²) < 4.78 is 0. The maximum Gasteiger partial charge on any atom is 0.269 e. The first kappa shape index (κ1) is 12.1. The Morgan fingerprint density at radius 2 is 2.31 bits per heavy atom. The summed E-state index contributed by atoms with van der Waals surface area (Å²) in [4.78, 5) is 25.0. The molecule has 0 aliphatic rings. The second kappa shape index (κ2) is 5.79. The van der Waals surface area contributed by atoms with Gasteiger partial charge in [-0.25, -0.2) is 0 Å². The fourth-order valence-corrected chi connectivity index (χ4v) is 1.04. The minimum absolute atomic E-state index is 0.00852. The second-order valence-electron chi connectivity index (χ2n) is 3.00. The fourth-order valence-electron chi connectivity index (χ4n) is 1.04. The van der Waals surface area contributed by atoms with E-state index in [2.05, 4.69) is 5.48 Å². The standard InChI is InChI=1S/C9H11N3O4/c10-9(13)6-16-11-5-7-2-1-3-8(4-7)12(14)15/h1-4,11H,5-6H2,(H2,10,13). The maximum absolute atomic E-state index is 10.5. The van der Waals surface area contributed by atoms with Crippen LogP contribution in [0.1, 0.15) is 5.56 Å². The third-order valence-electron chi connectivity index (χ3n) is 1.71. The molecule has 0 aliphatic heterocycles. The van der Waals surface area contributed by atoms with Crippen molar-refractivity contribution in [2.24, 2.45) is 5.73 Å². The molecule has 1 aromatic carbocycles. The number of nitro groups is 1. The largest absolute Gasteiger partial charge is 0.368 e. The molecule has 0 fully saturated rings. The van der Waals surface area contributed by atoms with E-state index in [1.54, 1.807) is 12.1 Å². The molecular formula is C9H11N3O4. The number of nitro benzene ring substituents is 1. The number of carbonyl (C=O) groups excluding carboxylic acids is 1. The average molecular weight is 225 g/mol. The molecule has 7 heteroatoms. The van der Waals surface area contributed by atoms with Gasteiger partial charge in [0.05, 0.1) is 4.92 Å². The molecule has 1 amide bonds. The Kier molecular flexibility index (Phi) is 4.37. The number of hydroxylamine groups is 1. The van der Waals surface area contributed by atoms with E-state index in [1.807, 2.05) is 0 Å². The molecule has 0 heterocycles. The Labute approximate surface area is 91.3 Å². The normalized spacial score (nSPS) is 10.0. The average Bonchev–Trinajstić information content (AvgIpc) is 2.24. The first-order valence-corrected chi connectivity index (χ1v) is 4.46. The van der Waals surface area contributed by atoms with Gasteiger partial charge in [0.25, 0.3) is 5.69 Å². The molecule has 0 spiro atoms. The lowest BCUT2D eigenvalue weighted by Gasteiger charge is -2.03. The molecule has 0 saturated heterocycles. The molecule has 0 aromatic heterocycles. The van der Waals surface area contributed by atoms with Crippen molar-refractivity contribution in [3.05, 3.63) is 39.9 Å². The van der Waals surface area contributed by atoms with E-state index < -0.39 is 10.8 Å². The summed E-state index contributed by atoms with van der Waals surface area (Å²) in [6, 6.07) is 6.09. The highest BCUT2D eigenvalue weighted by molar-refractivity contribution is 5.74. The van der Waals surface area contributed by atoms with E-state index in [1.165, 1.54) is 12.1 Å². The monoisotopic (exact) mass is 225 g/mol. The summed E-state index contributed by atoms with van der Waals surface area (Å²) in [6.07, 6.45) is 0. The number of hydrogen-bond donors (Lipinski definition) is 2. The molecule has 0 radical (unpaired) electrons. The van der Waals surface area contributed by atoms with E-state index in [-0.39, 0.29) is 18.8 Å². The number of amides is 1. The van der Waals surface area contributed by atoms with Crippen molar-refractivity contribution >= 4 is 11.6 Å². The van der Waals surface area contributed by atoms with E-state index >= 15 is 0 Å². The van der Waals surface area contributed by atoms with Gasteiger partial charge in [0.2, 0.25) is 5.91 Å². The zero-order valence-corrected chi connectivity index (χ0v) is 8.38. The molecule has 86 valence electrons. The van der Waals surface area contributed by atoms with Crippen LogP contribution < -0.4 is 11.2 Å². The molecule has 0 atom stereocenters. The van der Waals surface area contributed by atoms with Crippen molar-refractivity contribution in [2.45, 2.75) is 6.54 Å². The Balaban J connectivity index is 2.45. The van der Waals surface area contributed by atoms with Crippen LogP contribution in [-0.4, -0.2) is 17.4 Å². The van der Waals surface area contributed by atoms with Crippen molar-refractivity contribution in [2.75, 3.05) is 6.61 Å². The van der Waals surface area contributed by atoms with Crippen LogP contribution in [0.3, 0.4) is 0 Å². The molecule has 7 nitrogen and oxygen atoms in total. The number of hydrogen-bond acceptors (Lipinski definition) is 5. The highest BCUT2D eigenvalue weighted by atomic mass is 16.6. The predicted octanol–water partition coefficient (Wildman–Crippen LogP) is 0.101. The van der Waals surface area contributed by atoms with Gasteiger partial charge >= 0.3 is 0 Å². The van der Waals surface area contributed by atoms with Gasteiger partial charge in [-0.05, 0) is 5.56 Å². The first-order valence-electron chi connectivity index (χ1n) is 4.46. The van der Waals surface area contributed by atoms with Gasteiger partial charge in [0, 0.05) is 18.7 Å². The van der Waals surface area contributed by atoms with Gasteiger partial charge in [0.1, 0.15) is 6.61 Å². The highest BCUT2D eigenvalue weighted by Gasteiger charge is 2.05. The third-order valence-corrected chi connectivity index (χ3v) is 1.71. The van der Waals surface area contributed by atoms with Gasteiger partial charge < -0.3 is 5.73 Å². The Bertz CT molecular complexity index is 394. The van der Waals surface area contributed by atoms with Crippen molar-refractivity contribution in [3.63, 3.8) is 0 Å². The second-order valence-corrected chi connectivity index (χ2v) is 3.00. The van der Waals surface area contributed by atoms with Crippen molar-refractivity contribution in [1.29, 1.82) is 0 Å². The number of carbonyl (C=O) groups is 1. The number of nitrogens with one attached hydrogen (secondary N) is 1. The van der Waals surface area contributed by atoms with E-state index in [4.69, 9.17) is 10.6 Å². The van der Waals surface area contributed by atoms with Crippen molar-refractivity contribution in [1.82, 2.24) is 5.48 Å². The fraction of sp³-hybridized carbons (Fsp3) is 0.222. The topological polar surface area (TPSA) is 107 Å². The van der Waals surface area contributed by atoms with Crippen molar-refractivity contribution < 1.29 is 14.6 Å². The molecule has 0 bridgehead atoms. The lowest BCUT2D eigenvalue weighted by molar-refractivity contribution is -0.384. The summed E-state index contributed by atoms with van der Waals surface area (Å²) in [7, 11) is 0. The van der Waals surface area contributed by atoms with Crippen LogP contribution >= 0.6 is 0 Å². The molecule has 0 saturated carbocycles. The number of rotatable bonds is 6. The van der Waals surface area contributed by atoms with Crippen LogP contribution in [0, 0.1) is 10.1 Å². The quantitative estimate of drug-likeness (QED) is 0.405. The van der Waals surface area contributed by atoms with Crippen LogP contribution in [-0.2, 0) is 16.2 Å². The molecule has 1 aromatic rings. The third kappa shape index (κ3) is 4.03. The zero-order chi connectivity index (χ0) is 12.0. The summed E-state index contributed by atoms with van der Waals surface area (Å²) in [5, 5.41) is 10.5. The Morgan fingerprint density at radius 1 is 1.56 bits per heavy atom. The SMILES string of the molecule is NC(=O)CONCc1cccc([N+](=O)[O-])c1. The van der Waals surface area contributed by atoms with Gasteiger partial charge in [0.15, 0.2) is 0 Å². The van der Waals surface area contributed by atoms with Crippen LogP contribution in [0.4, 0.5) is 5.69 Å². The van der Waals surface area contributed by atoms with Gasteiger partial charge in [-0.15, -0.1) is 0 Å². The maximum atomic E-state index is 10.5. The highest BCUT2D eigenvalue weighted by Crippen LogP contribution is 2.12. The summed E-state index contributed by atoms with van der Waals surface area (Å²) in [5.41, 5.74) is 8.01. The first-order chi connectivity index (χ1) is 7.59. The van der Waals surface area contributed by atoms with E-state index in [0.717, 1.165) is 0 Å². The number of non-ortho nitro benzene ring substituents is 1. The summed E-state index contributed by atoms with van der Waals surface area (Å²) >= 11 is 0. The minimum atomic E-state index is -0.591. The van der Waals surface area contributed by atoms with Crippen molar-refractivity contribution in [3.8, 4) is 0 Å². The minimum Gasteiger partial charge on any atom is -0.368 e. The molecule has 1 rings (SSSR count). The van der Waals surface area contributed by atoms with Gasteiger partial charge in [-0.3, -0.25) is 19.7 Å². The van der Waals surface area contributed by atoms with E-state index in [0.29, 0.717) is 5.56 Å². The number of benzene rings is 1. The molecule has 0 aliphatic carbocycles. The summed E-state index contributed by atoms with van der Waals surface area (Å²) in [6.45, 7) is 0.0177. The van der Waals surface area contributed by atoms with Crippen LogP contribution in [0.2, 0.25) is 0 Å². The summed E-state index contributed by atoms with van der Waals surface area (Å²) in [5.74, 6) is -0.591. The molecule has 3 N–H and O–H groups in total. The molecular weight excluding hydrogens is 214 g/mol. The van der Waals surface area contributed by atoms with Gasteiger partial charge in [-0.1, -0.05) is 12.1 Å². The number of nitrogens with two attached hydrogens (primary N) is 1. The van der Waals surface area contributed by atoms with Crippen LogP contribution in [0.25, 0.3) is 0 Å². The van der Waals surface area contributed by atoms with E-state index in [9.17, 15) is 14.9 Å². The number of primary amides is 1. The number of nitrogens with zero attached hydrogens (tertiary/aromatic N) is 1. The Morgan fingerprint density at radius 3 is 2.94 bits per heavy atom. The van der Waals surface area contributed by atoms with Crippen LogP contribution in [0.15, 0.2) is 24.3 Å². The van der Waals surface area contributed by atoms with Gasteiger partial charge in [-0.2, -0.15) is 5.48 Å².